The number of carbonyl (C=O) groups is 2. The molecule has 120 valence electrons. The second kappa shape index (κ2) is 8.33. The molecule has 0 radical (unpaired) electrons. The maximum Gasteiger partial charge on any atom is 0.304 e. The number of aliphatic carboxylic acids is 1. The number of pyridine rings is 1. The highest BCUT2D eigenvalue weighted by molar-refractivity contribution is 7.99. The lowest BCUT2D eigenvalue weighted by molar-refractivity contribution is -0.137. The maximum absolute atomic E-state index is 11.5. The van der Waals surface area contributed by atoms with Gasteiger partial charge in [-0.25, -0.2) is 0 Å². The van der Waals surface area contributed by atoms with E-state index < -0.39 is 5.97 Å². The third kappa shape index (κ3) is 5.41. The molecule has 0 aliphatic carbocycles. The highest BCUT2D eigenvalue weighted by Crippen LogP contribution is 2.38. The predicted octanol–water partition coefficient (Wildman–Crippen LogP) is 3.74. The largest absolute Gasteiger partial charge is 0.481 e. The number of hydrogen-bond acceptors (Lipinski definition) is 4. The van der Waals surface area contributed by atoms with Crippen molar-refractivity contribution < 1.29 is 14.7 Å². The Morgan fingerprint density at radius 3 is 2.78 bits per heavy atom. The Balaban J connectivity index is 2.17. The number of thioether (sulfide) groups is 1. The fourth-order valence-corrected chi connectivity index (χ4v) is 3.20. The van der Waals surface area contributed by atoms with Crippen molar-refractivity contribution in [3.63, 3.8) is 0 Å². The number of anilines is 1. The molecule has 2 aromatic rings. The quantitative estimate of drug-likeness (QED) is 0.756. The molecule has 0 saturated heterocycles. The second-order valence-electron chi connectivity index (χ2n) is 4.92. The summed E-state index contributed by atoms with van der Waals surface area (Å²) in [5.41, 5.74) is 1.57. The number of carboxylic acid groups (broad SMARTS) is 1. The first-order chi connectivity index (χ1) is 11.1. The molecule has 1 unspecified atom stereocenters. The van der Waals surface area contributed by atoms with E-state index in [9.17, 15) is 9.59 Å². The topological polar surface area (TPSA) is 79.3 Å². The Hall–Kier alpha value is -2.34. The zero-order chi connectivity index (χ0) is 16.7. The van der Waals surface area contributed by atoms with Crippen molar-refractivity contribution in [2.75, 3.05) is 5.32 Å². The lowest BCUT2D eigenvalue weighted by Crippen LogP contribution is -2.09. The van der Waals surface area contributed by atoms with Crippen molar-refractivity contribution in [2.24, 2.45) is 0 Å². The van der Waals surface area contributed by atoms with E-state index in [0.717, 1.165) is 10.5 Å². The van der Waals surface area contributed by atoms with Crippen molar-refractivity contribution in [1.82, 2.24) is 4.98 Å². The molecule has 0 saturated carbocycles. The van der Waals surface area contributed by atoms with Crippen LogP contribution in [0, 0.1) is 0 Å². The van der Waals surface area contributed by atoms with Crippen LogP contribution in [0.2, 0.25) is 0 Å². The summed E-state index contributed by atoms with van der Waals surface area (Å²) >= 11 is 1.45. The zero-order valence-electron chi connectivity index (χ0n) is 12.7. The molecule has 5 nitrogen and oxygen atoms in total. The smallest absolute Gasteiger partial charge is 0.304 e. The van der Waals surface area contributed by atoms with Gasteiger partial charge in [0.05, 0.1) is 6.42 Å². The van der Waals surface area contributed by atoms with Gasteiger partial charge in [-0.1, -0.05) is 19.1 Å². The average Bonchev–Trinajstić information content (AvgIpc) is 2.55. The monoisotopic (exact) mass is 330 g/mol. The van der Waals surface area contributed by atoms with Crippen molar-refractivity contribution >= 4 is 29.3 Å². The van der Waals surface area contributed by atoms with Gasteiger partial charge < -0.3 is 10.4 Å². The molecule has 1 atom stereocenters. The van der Waals surface area contributed by atoms with Gasteiger partial charge in [0, 0.05) is 34.6 Å². The minimum absolute atomic E-state index is 0.00189. The van der Waals surface area contributed by atoms with E-state index in [1.165, 1.54) is 11.8 Å². The first-order valence-corrected chi connectivity index (χ1v) is 8.14. The van der Waals surface area contributed by atoms with Gasteiger partial charge in [-0.2, -0.15) is 0 Å². The average molecular weight is 330 g/mol. The van der Waals surface area contributed by atoms with Crippen LogP contribution in [0.5, 0.6) is 0 Å². The fraction of sp³-hybridized carbons (Fsp3) is 0.235. The summed E-state index contributed by atoms with van der Waals surface area (Å²) in [5, 5.41) is 11.7. The molecule has 1 amide bonds. The van der Waals surface area contributed by atoms with Crippen molar-refractivity contribution in [1.29, 1.82) is 0 Å². The number of rotatable bonds is 7. The molecule has 0 bridgehead atoms. The van der Waals surface area contributed by atoms with E-state index in [-0.39, 0.29) is 17.6 Å². The van der Waals surface area contributed by atoms with Gasteiger partial charge >= 0.3 is 5.97 Å². The van der Waals surface area contributed by atoms with Crippen LogP contribution >= 0.6 is 11.8 Å². The number of nitrogens with one attached hydrogen (secondary N) is 1. The molecule has 0 fully saturated rings. The number of benzene rings is 1. The van der Waals surface area contributed by atoms with Crippen LogP contribution in [-0.2, 0) is 9.59 Å². The molecule has 2 N–H and O–H groups in total. The highest BCUT2D eigenvalue weighted by Gasteiger charge is 2.17. The first kappa shape index (κ1) is 17.0. The number of amides is 1. The van der Waals surface area contributed by atoms with Gasteiger partial charge in [0.25, 0.3) is 0 Å². The zero-order valence-corrected chi connectivity index (χ0v) is 13.5. The van der Waals surface area contributed by atoms with E-state index in [0.29, 0.717) is 12.1 Å². The fourth-order valence-electron chi connectivity index (χ4n) is 2.01. The summed E-state index contributed by atoms with van der Waals surface area (Å²) < 4.78 is 0. The third-order valence-corrected chi connectivity index (χ3v) is 4.38. The minimum atomic E-state index is -0.859. The van der Waals surface area contributed by atoms with Gasteiger partial charge in [-0.15, -0.1) is 11.8 Å². The van der Waals surface area contributed by atoms with Crippen LogP contribution in [0.1, 0.15) is 30.6 Å². The maximum atomic E-state index is 11.5. The van der Waals surface area contributed by atoms with Crippen LogP contribution in [-0.4, -0.2) is 22.0 Å². The van der Waals surface area contributed by atoms with E-state index >= 15 is 0 Å². The van der Waals surface area contributed by atoms with Gasteiger partial charge in [-0.3, -0.25) is 14.6 Å². The Bertz CT molecular complexity index is 677. The third-order valence-electron chi connectivity index (χ3n) is 3.13. The molecule has 23 heavy (non-hydrogen) atoms. The van der Waals surface area contributed by atoms with Gasteiger partial charge in [-0.05, 0) is 29.8 Å². The predicted molar refractivity (Wildman–Crippen MR) is 90.5 cm³/mol. The molecule has 1 aromatic carbocycles. The summed E-state index contributed by atoms with van der Waals surface area (Å²) in [4.78, 5) is 27.6. The Kier molecular flexibility index (Phi) is 6.17. The number of carboxylic acids is 1. The summed E-state index contributed by atoms with van der Waals surface area (Å²) in [5.74, 6) is -0.914. The SMILES string of the molecule is CCC(=O)Nc1cccc(SC(CC(=O)O)c2cccnc2)c1. The van der Waals surface area contributed by atoms with Gasteiger partial charge in [0.2, 0.25) is 5.91 Å². The molecule has 1 heterocycles. The van der Waals surface area contributed by atoms with Crippen molar-refractivity contribution in [3.8, 4) is 0 Å². The van der Waals surface area contributed by atoms with Crippen molar-refractivity contribution in [2.45, 2.75) is 29.9 Å². The van der Waals surface area contributed by atoms with Gasteiger partial charge in [0.15, 0.2) is 0 Å². The minimum Gasteiger partial charge on any atom is -0.481 e. The number of nitrogens with zero attached hydrogens (tertiary/aromatic N) is 1. The molecule has 0 aliphatic rings. The standard InChI is InChI=1S/C17H18N2O3S/c1-2-16(20)19-13-6-3-7-14(9-13)23-15(10-17(21)22)12-5-4-8-18-11-12/h3-9,11,15H,2,10H2,1H3,(H,19,20)(H,21,22). The van der Waals surface area contributed by atoms with Crippen LogP contribution in [0.25, 0.3) is 0 Å². The Labute approximate surface area is 139 Å². The molecular formula is C17H18N2O3S. The summed E-state index contributed by atoms with van der Waals surface area (Å²) in [6.45, 7) is 1.79. The van der Waals surface area contributed by atoms with E-state index in [2.05, 4.69) is 10.3 Å². The number of aromatic nitrogens is 1. The number of hydrogen-bond donors (Lipinski definition) is 2. The summed E-state index contributed by atoms with van der Waals surface area (Å²) in [7, 11) is 0. The van der Waals surface area contributed by atoms with E-state index in [1.807, 2.05) is 30.3 Å². The van der Waals surface area contributed by atoms with Crippen LogP contribution in [0.4, 0.5) is 5.69 Å². The first-order valence-electron chi connectivity index (χ1n) is 7.26. The summed E-state index contributed by atoms with van der Waals surface area (Å²) in [6, 6.07) is 11.1. The lowest BCUT2D eigenvalue weighted by atomic mass is 10.1. The highest BCUT2D eigenvalue weighted by atomic mass is 32.2. The molecule has 1 aromatic heterocycles. The molecular weight excluding hydrogens is 312 g/mol. The Morgan fingerprint density at radius 1 is 1.30 bits per heavy atom. The molecule has 2 rings (SSSR count). The van der Waals surface area contributed by atoms with Crippen LogP contribution in [0.15, 0.2) is 53.7 Å². The van der Waals surface area contributed by atoms with E-state index in [4.69, 9.17) is 5.11 Å². The molecule has 0 spiro atoms. The van der Waals surface area contributed by atoms with E-state index in [1.54, 1.807) is 25.4 Å². The summed E-state index contributed by atoms with van der Waals surface area (Å²) in [6.07, 6.45) is 3.76. The van der Waals surface area contributed by atoms with Crippen LogP contribution < -0.4 is 5.32 Å². The molecule has 6 heteroatoms. The number of carbonyl (C=O) groups excluding carboxylic acids is 1. The molecule has 0 aliphatic heterocycles. The van der Waals surface area contributed by atoms with Crippen molar-refractivity contribution in [3.05, 3.63) is 54.4 Å². The Morgan fingerprint density at radius 2 is 2.13 bits per heavy atom. The second-order valence-corrected chi connectivity index (χ2v) is 6.20. The lowest BCUT2D eigenvalue weighted by Gasteiger charge is -2.15. The van der Waals surface area contributed by atoms with Crippen LogP contribution in [0.3, 0.4) is 0 Å². The normalized spacial score (nSPS) is 11.7. The van der Waals surface area contributed by atoms with Gasteiger partial charge in [0.1, 0.15) is 0 Å².